The second-order valence-corrected chi connectivity index (χ2v) is 3.18. The Morgan fingerprint density at radius 2 is 1.94 bits per heavy atom. The molecular weight excluding hydrogens is 226 g/mol. The Labute approximate surface area is 100 Å². The van der Waals surface area contributed by atoms with Crippen molar-refractivity contribution in [1.29, 1.82) is 0 Å². The number of hydrogen-bond acceptors (Lipinski definition) is 2. The fourth-order valence-electron chi connectivity index (χ4n) is 1.45. The van der Waals surface area contributed by atoms with Crippen LogP contribution in [0.5, 0.6) is 0 Å². The Kier molecular flexibility index (Phi) is 4.26. The fraction of sp³-hybridized carbons (Fsp3) is 0.167. The molecule has 0 spiro atoms. The van der Waals surface area contributed by atoms with Crippen LogP contribution < -0.4 is 17.0 Å². The molecule has 2 rings (SSSR count). The number of rotatable bonds is 1. The van der Waals surface area contributed by atoms with Gasteiger partial charge < -0.3 is 17.1 Å². The predicted octanol–water partition coefficient (Wildman–Crippen LogP) is -0.864. The summed E-state index contributed by atoms with van der Waals surface area (Å²) in [5.74, 6) is 0. The minimum atomic E-state index is -0.344. The molecule has 1 heterocycles. The molecule has 0 radical (unpaired) electrons. The molecule has 2 aromatic rings. The smallest absolute Gasteiger partial charge is 0.601 e. The molecule has 4 heteroatoms. The first-order valence-corrected chi connectivity index (χ1v) is 4.88. The number of halogens is 1. The Hall–Kier alpha value is -1.61. The van der Waals surface area contributed by atoms with E-state index in [0.29, 0.717) is 6.61 Å². The number of fused-ring (bicyclic) bond motifs is 1. The molecule has 0 aliphatic rings. The molecule has 0 amide bonds. The molecule has 1 aromatic carbocycles. The van der Waals surface area contributed by atoms with Gasteiger partial charge in [0.15, 0.2) is 12.4 Å². The van der Waals surface area contributed by atoms with E-state index in [1.54, 1.807) is 19.3 Å². The van der Waals surface area contributed by atoms with E-state index in [1.807, 2.05) is 30.3 Å². The average molecular weight is 238 g/mol. The Bertz CT molecular complexity index is 499. The third-order valence-electron chi connectivity index (χ3n) is 2.17. The standard InChI is InChI=1S/C12H12NO2.ClH/c1-2-15-12(14)13-8-7-10-5-3-4-6-11(10)9-13;/h3-9H,2H2,1H3;1H/q+1;/p-1. The van der Waals surface area contributed by atoms with Crippen LogP contribution in [0.4, 0.5) is 4.79 Å². The topological polar surface area (TPSA) is 30.2 Å². The minimum Gasteiger partial charge on any atom is -1.00 e. The number of benzene rings is 1. The molecule has 16 heavy (non-hydrogen) atoms. The fourth-order valence-corrected chi connectivity index (χ4v) is 1.45. The number of pyridine rings is 1. The molecular formula is C12H12ClNO2. The van der Waals surface area contributed by atoms with Crippen molar-refractivity contribution in [2.24, 2.45) is 0 Å². The van der Waals surface area contributed by atoms with Crippen LogP contribution in [0.3, 0.4) is 0 Å². The van der Waals surface area contributed by atoms with Crippen LogP contribution in [0, 0.1) is 0 Å². The van der Waals surface area contributed by atoms with Gasteiger partial charge in [-0.2, -0.15) is 4.79 Å². The quantitative estimate of drug-likeness (QED) is 0.604. The highest BCUT2D eigenvalue weighted by atomic mass is 35.5. The van der Waals surface area contributed by atoms with E-state index in [-0.39, 0.29) is 18.5 Å². The summed E-state index contributed by atoms with van der Waals surface area (Å²) >= 11 is 0. The molecule has 0 aliphatic heterocycles. The number of nitrogens with zero attached hydrogens (tertiary/aromatic N) is 1. The first kappa shape index (κ1) is 12.5. The summed E-state index contributed by atoms with van der Waals surface area (Å²) in [6.07, 6.45) is 3.14. The molecule has 0 aliphatic carbocycles. The van der Waals surface area contributed by atoms with E-state index in [9.17, 15) is 4.79 Å². The molecule has 3 nitrogen and oxygen atoms in total. The molecule has 0 unspecified atom stereocenters. The number of hydrogen-bond donors (Lipinski definition) is 0. The van der Waals surface area contributed by atoms with Crippen LogP contribution in [-0.2, 0) is 4.74 Å². The van der Waals surface area contributed by atoms with Gasteiger partial charge in [-0.3, -0.25) is 0 Å². The van der Waals surface area contributed by atoms with Crippen LogP contribution in [0.25, 0.3) is 10.8 Å². The van der Waals surface area contributed by atoms with Crippen molar-refractivity contribution in [3.8, 4) is 0 Å². The van der Waals surface area contributed by atoms with E-state index < -0.39 is 0 Å². The van der Waals surface area contributed by atoms with Crippen molar-refractivity contribution in [2.45, 2.75) is 6.92 Å². The van der Waals surface area contributed by atoms with Gasteiger partial charge in [0.05, 0.1) is 6.61 Å². The van der Waals surface area contributed by atoms with E-state index in [1.165, 1.54) is 4.57 Å². The van der Waals surface area contributed by atoms with Gasteiger partial charge >= 0.3 is 6.09 Å². The third-order valence-corrected chi connectivity index (χ3v) is 2.17. The number of aromatic nitrogens is 1. The summed E-state index contributed by atoms with van der Waals surface area (Å²) in [7, 11) is 0. The highest BCUT2D eigenvalue weighted by Gasteiger charge is 2.14. The minimum absolute atomic E-state index is 0. The molecule has 0 atom stereocenters. The van der Waals surface area contributed by atoms with Crippen molar-refractivity contribution in [2.75, 3.05) is 6.61 Å². The largest absolute Gasteiger partial charge is 1.00 e. The Morgan fingerprint density at radius 1 is 1.25 bits per heavy atom. The van der Waals surface area contributed by atoms with Gasteiger partial charge in [0.2, 0.25) is 0 Å². The van der Waals surface area contributed by atoms with Gasteiger partial charge in [0.25, 0.3) is 0 Å². The summed E-state index contributed by atoms with van der Waals surface area (Å²) in [5.41, 5.74) is 0. The molecule has 0 saturated heterocycles. The van der Waals surface area contributed by atoms with Gasteiger partial charge in [0, 0.05) is 11.5 Å². The normalized spacial score (nSPS) is 9.56. The van der Waals surface area contributed by atoms with Crippen molar-refractivity contribution in [3.63, 3.8) is 0 Å². The zero-order chi connectivity index (χ0) is 10.7. The SMILES string of the molecule is CCOC(=O)[n+]1ccc2ccccc2c1.[Cl-]. The van der Waals surface area contributed by atoms with Crippen molar-refractivity contribution >= 4 is 16.9 Å². The maximum Gasteiger partial charge on any atom is 0.601 e. The lowest BCUT2D eigenvalue weighted by atomic mass is 10.2. The van der Waals surface area contributed by atoms with Crippen LogP contribution in [0.15, 0.2) is 42.7 Å². The first-order valence-electron chi connectivity index (χ1n) is 4.88. The average Bonchev–Trinajstić information content (AvgIpc) is 2.29. The number of carbonyl (C=O) groups is 1. The maximum atomic E-state index is 11.4. The van der Waals surface area contributed by atoms with Crippen molar-refractivity contribution in [1.82, 2.24) is 0 Å². The highest BCUT2D eigenvalue weighted by molar-refractivity contribution is 5.81. The van der Waals surface area contributed by atoms with Crippen LogP contribution in [0.1, 0.15) is 6.92 Å². The lowest BCUT2D eigenvalue weighted by Crippen LogP contribution is -3.00. The van der Waals surface area contributed by atoms with Gasteiger partial charge in [-0.1, -0.05) is 22.8 Å². The molecule has 0 saturated carbocycles. The summed E-state index contributed by atoms with van der Waals surface area (Å²) in [5, 5.41) is 2.13. The zero-order valence-electron chi connectivity index (χ0n) is 8.89. The Morgan fingerprint density at radius 3 is 2.62 bits per heavy atom. The first-order chi connectivity index (χ1) is 7.31. The van der Waals surface area contributed by atoms with Crippen LogP contribution in [-0.4, -0.2) is 12.7 Å². The molecule has 1 aromatic heterocycles. The second kappa shape index (κ2) is 5.47. The monoisotopic (exact) mass is 237 g/mol. The number of carbonyl (C=O) groups excluding carboxylic acids is 1. The van der Waals surface area contributed by atoms with E-state index >= 15 is 0 Å². The summed E-state index contributed by atoms with van der Waals surface area (Å²) in [4.78, 5) is 11.4. The molecule has 0 fully saturated rings. The van der Waals surface area contributed by atoms with Gasteiger partial charge in [-0.15, -0.1) is 0 Å². The van der Waals surface area contributed by atoms with Gasteiger partial charge in [0.1, 0.15) is 0 Å². The maximum absolute atomic E-state index is 11.4. The molecule has 84 valence electrons. The van der Waals surface area contributed by atoms with E-state index in [0.717, 1.165) is 10.8 Å². The Balaban J connectivity index is 0.00000128. The lowest BCUT2D eigenvalue weighted by Gasteiger charge is -1.97. The summed E-state index contributed by atoms with van der Waals surface area (Å²) < 4.78 is 6.35. The van der Waals surface area contributed by atoms with Gasteiger partial charge in [-0.05, 0) is 18.4 Å². The summed E-state index contributed by atoms with van der Waals surface area (Å²) in [6, 6.07) is 9.77. The molecule has 0 bridgehead atoms. The van der Waals surface area contributed by atoms with Gasteiger partial charge in [-0.25, -0.2) is 0 Å². The van der Waals surface area contributed by atoms with Crippen LogP contribution in [0.2, 0.25) is 0 Å². The van der Waals surface area contributed by atoms with Crippen LogP contribution >= 0.6 is 0 Å². The summed E-state index contributed by atoms with van der Waals surface area (Å²) in [6.45, 7) is 2.18. The predicted molar refractivity (Wildman–Crippen MR) is 56.6 cm³/mol. The van der Waals surface area contributed by atoms with Crippen molar-refractivity contribution < 1.29 is 26.5 Å². The van der Waals surface area contributed by atoms with Crippen molar-refractivity contribution in [3.05, 3.63) is 42.7 Å². The number of ether oxygens (including phenoxy) is 1. The third kappa shape index (κ3) is 2.49. The molecule has 0 N–H and O–H groups in total. The zero-order valence-corrected chi connectivity index (χ0v) is 9.65. The van der Waals surface area contributed by atoms with E-state index in [4.69, 9.17) is 4.74 Å². The van der Waals surface area contributed by atoms with E-state index in [2.05, 4.69) is 0 Å². The second-order valence-electron chi connectivity index (χ2n) is 3.18. The lowest BCUT2D eigenvalue weighted by molar-refractivity contribution is -0.584. The highest BCUT2D eigenvalue weighted by Crippen LogP contribution is 2.09.